The number of amides is 1. The normalized spacial score (nSPS) is 15.5. The Bertz CT molecular complexity index is 896. The molecule has 1 fully saturated rings. The first kappa shape index (κ1) is 18.2. The van der Waals surface area contributed by atoms with Gasteiger partial charge in [-0.05, 0) is 44.2 Å². The standard InChI is InChI=1S/C21H26N4OS/c1-24(16-8-3-2-4-9-16)15-12-22-20(26)19-18(25-13-5-6-14-25)17-10-7-11-23-21(17)27-19/h5-7,10-11,13-14,16H,2-4,8-9,12,15H2,1H3,(H,22,26). The van der Waals surface area contributed by atoms with E-state index in [0.717, 1.165) is 27.3 Å². The number of aromatic nitrogens is 2. The fraction of sp³-hybridized carbons (Fsp3) is 0.429. The molecule has 1 aliphatic rings. The van der Waals surface area contributed by atoms with Gasteiger partial charge in [0.2, 0.25) is 0 Å². The van der Waals surface area contributed by atoms with E-state index < -0.39 is 0 Å². The molecule has 1 amide bonds. The van der Waals surface area contributed by atoms with E-state index in [2.05, 4.69) is 22.2 Å². The monoisotopic (exact) mass is 382 g/mol. The van der Waals surface area contributed by atoms with Gasteiger partial charge in [-0.1, -0.05) is 19.3 Å². The number of likely N-dealkylation sites (N-methyl/N-ethyl adjacent to an activating group) is 1. The molecule has 5 nitrogen and oxygen atoms in total. The number of nitrogens with one attached hydrogen (secondary N) is 1. The molecule has 6 heteroatoms. The second-order valence-electron chi connectivity index (χ2n) is 7.25. The Balaban J connectivity index is 1.47. The van der Waals surface area contributed by atoms with Crippen molar-refractivity contribution in [3.05, 3.63) is 47.7 Å². The predicted molar refractivity (Wildman–Crippen MR) is 111 cm³/mol. The van der Waals surface area contributed by atoms with Crippen LogP contribution in [0.4, 0.5) is 0 Å². The zero-order valence-corrected chi connectivity index (χ0v) is 16.5. The first-order valence-electron chi connectivity index (χ1n) is 9.73. The summed E-state index contributed by atoms with van der Waals surface area (Å²) in [6, 6.07) is 8.56. The quantitative estimate of drug-likeness (QED) is 0.699. The Morgan fingerprint density at radius 1 is 1.26 bits per heavy atom. The van der Waals surface area contributed by atoms with E-state index in [1.54, 1.807) is 6.20 Å². The lowest BCUT2D eigenvalue weighted by molar-refractivity contribution is 0.0948. The lowest BCUT2D eigenvalue weighted by Gasteiger charge is -2.31. The molecule has 1 N–H and O–H groups in total. The highest BCUT2D eigenvalue weighted by Gasteiger charge is 2.21. The number of hydrogen-bond donors (Lipinski definition) is 1. The van der Waals surface area contributed by atoms with E-state index >= 15 is 0 Å². The van der Waals surface area contributed by atoms with Gasteiger partial charge in [0.1, 0.15) is 9.71 Å². The molecule has 0 saturated heterocycles. The van der Waals surface area contributed by atoms with Crippen molar-refractivity contribution in [2.75, 3.05) is 20.1 Å². The van der Waals surface area contributed by atoms with Crippen LogP contribution in [0.2, 0.25) is 0 Å². The lowest BCUT2D eigenvalue weighted by Crippen LogP contribution is -2.39. The third kappa shape index (κ3) is 3.92. The Morgan fingerprint density at radius 2 is 2.04 bits per heavy atom. The number of fused-ring (bicyclic) bond motifs is 1. The van der Waals surface area contributed by atoms with Gasteiger partial charge >= 0.3 is 0 Å². The summed E-state index contributed by atoms with van der Waals surface area (Å²) in [5.74, 6) is -0.0151. The largest absolute Gasteiger partial charge is 0.350 e. The number of carbonyl (C=O) groups excluding carboxylic acids is 1. The highest BCUT2D eigenvalue weighted by Crippen LogP contribution is 2.33. The van der Waals surface area contributed by atoms with E-state index in [-0.39, 0.29) is 5.91 Å². The lowest BCUT2D eigenvalue weighted by atomic mass is 9.94. The molecular formula is C21H26N4OS. The van der Waals surface area contributed by atoms with Gasteiger partial charge in [-0.15, -0.1) is 11.3 Å². The summed E-state index contributed by atoms with van der Waals surface area (Å²) in [7, 11) is 2.18. The molecule has 0 atom stereocenters. The van der Waals surface area contributed by atoms with Crippen molar-refractivity contribution in [3.63, 3.8) is 0 Å². The van der Waals surface area contributed by atoms with Crippen molar-refractivity contribution in [3.8, 4) is 5.69 Å². The van der Waals surface area contributed by atoms with Gasteiger partial charge in [0.25, 0.3) is 5.91 Å². The molecule has 0 aliphatic heterocycles. The van der Waals surface area contributed by atoms with Gasteiger partial charge in [0, 0.05) is 43.1 Å². The Kier molecular flexibility index (Phi) is 5.55. The molecule has 0 aromatic carbocycles. The molecule has 3 aromatic heterocycles. The Morgan fingerprint density at radius 3 is 2.81 bits per heavy atom. The average molecular weight is 383 g/mol. The maximum absolute atomic E-state index is 12.9. The minimum Gasteiger partial charge on any atom is -0.350 e. The van der Waals surface area contributed by atoms with Gasteiger partial charge in [-0.2, -0.15) is 0 Å². The summed E-state index contributed by atoms with van der Waals surface area (Å²) < 4.78 is 2.00. The summed E-state index contributed by atoms with van der Waals surface area (Å²) in [6.07, 6.45) is 12.3. The minimum absolute atomic E-state index is 0.0151. The van der Waals surface area contributed by atoms with Crippen LogP contribution in [0.1, 0.15) is 41.8 Å². The number of nitrogens with zero attached hydrogens (tertiary/aromatic N) is 3. The topological polar surface area (TPSA) is 50.2 Å². The number of thiophene rings is 1. The number of hydrogen-bond acceptors (Lipinski definition) is 4. The van der Waals surface area contributed by atoms with E-state index in [0.29, 0.717) is 12.6 Å². The molecule has 0 bridgehead atoms. The van der Waals surface area contributed by atoms with Crippen LogP contribution in [0.3, 0.4) is 0 Å². The zero-order chi connectivity index (χ0) is 18.6. The predicted octanol–water partition coefficient (Wildman–Crippen LogP) is 4.08. The smallest absolute Gasteiger partial charge is 0.263 e. The van der Waals surface area contributed by atoms with Crippen LogP contribution in [-0.4, -0.2) is 46.5 Å². The molecule has 0 radical (unpaired) electrons. The molecule has 1 saturated carbocycles. The van der Waals surface area contributed by atoms with Crippen molar-refractivity contribution in [2.24, 2.45) is 0 Å². The Hall–Kier alpha value is -2.18. The van der Waals surface area contributed by atoms with Crippen molar-refractivity contribution in [2.45, 2.75) is 38.1 Å². The van der Waals surface area contributed by atoms with Gasteiger partial charge in [-0.3, -0.25) is 4.79 Å². The molecule has 0 spiro atoms. The van der Waals surface area contributed by atoms with Crippen LogP contribution in [0, 0.1) is 0 Å². The van der Waals surface area contributed by atoms with E-state index in [9.17, 15) is 4.79 Å². The van der Waals surface area contributed by atoms with Crippen LogP contribution in [0.25, 0.3) is 15.9 Å². The maximum Gasteiger partial charge on any atom is 0.263 e. The molecule has 0 unspecified atom stereocenters. The maximum atomic E-state index is 12.9. The average Bonchev–Trinajstić information content (AvgIpc) is 3.35. The fourth-order valence-corrected chi connectivity index (χ4v) is 5.00. The summed E-state index contributed by atoms with van der Waals surface area (Å²) in [5, 5.41) is 4.14. The van der Waals surface area contributed by atoms with Crippen LogP contribution in [0.15, 0.2) is 42.9 Å². The molecule has 3 aromatic rings. The van der Waals surface area contributed by atoms with Gasteiger partial charge in [-0.25, -0.2) is 4.98 Å². The first-order chi connectivity index (χ1) is 13.2. The zero-order valence-electron chi connectivity index (χ0n) is 15.7. The van der Waals surface area contributed by atoms with Gasteiger partial charge in [0.15, 0.2) is 0 Å². The second kappa shape index (κ2) is 8.23. The summed E-state index contributed by atoms with van der Waals surface area (Å²) in [6.45, 7) is 1.55. The molecule has 4 rings (SSSR count). The van der Waals surface area contributed by atoms with Crippen molar-refractivity contribution in [1.29, 1.82) is 0 Å². The number of pyridine rings is 1. The summed E-state index contributed by atoms with van der Waals surface area (Å²) in [5.41, 5.74) is 0.922. The van der Waals surface area contributed by atoms with E-state index in [1.807, 2.05) is 41.2 Å². The van der Waals surface area contributed by atoms with Crippen LogP contribution < -0.4 is 5.32 Å². The Labute approximate surface area is 164 Å². The molecule has 1 aliphatic carbocycles. The third-order valence-corrected chi connectivity index (χ3v) is 6.56. The first-order valence-corrected chi connectivity index (χ1v) is 10.5. The van der Waals surface area contributed by atoms with Gasteiger partial charge < -0.3 is 14.8 Å². The minimum atomic E-state index is -0.0151. The van der Waals surface area contributed by atoms with Crippen LogP contribution in [0.5, 0.6) is 0 Å². The van der Waals surface area contributed by atoms with Crippen molar-refractivity contribution in [1.82, 2.24) is 19.8 Å². The van der Waals surface area contributed by atoms with Gasteiger partial charge in [0.05, 0.1) is 5.69 Å². The van der Waals surface area contributed by atoms with Crippen LogP contribution >= 0.6 is 11.3 Å². The SMILES string of the molecule is CN(CCNC(=O)c1sc2ncccc2c1-n1cccc1)C1CCCCC1. The molecule has 142 valence electrons. The number of carbonyl (C=O) groups is 1. The fourth-order valence-electron chi connectivity index (χ4n) is 3.94. The second-order valence-corrected chi connectivity index (χ2v) is 8.25. The molecular weight excluding hydrogens is 356 g/mol. The molecule has 3 heterocycles. The summed E-state index contributed by atoms with van der Waals surface area (Å²) in [4.78, 5) is 21.4. The van der Waals surface area contributed by atoms with E-state index in [1.165, 1.54) is 43.4 Å². The third-order valence-electron chi connectivity index (χ3n) is 5.46. The number of rotatable bonds is 6. The summed E-state index contributed by atoms with van der Waals surface area (Å²) >= 11 is 1.46. The highest BCUT2D eigenvalue weighted by molar-refractivity contribution is 7.21. The van der Waals surface area contributed by atoms with Crippen LogP contribution in [-0.2, 0) is 0 Å². The van der Waals surface area contributed by atoms with Crippen molar-refractivity contribution < 1.29 is 4.79 Å². The van der Waals surface area contributed by atoms with E-state index in [4.69, 9.17) is 0 Å². The van der Waals surface area contributed by atoms with Crippen molar-refractivity contribution >= 4 is 27.5 Å². The highest BCUT2D eigenvalue weighted by atomic mass is 32.1. The molecule has 27 heavy (non-hydrogen) atoms.